The van der Waals surface area contributed by atoms with E-state index in [4.69, 9.17) is 29.2 Å². The van der Waals surface area contributed by atoms with Gasteiger partial charge in [0.2, 0.25) is 0 Å². The normalized spacial score (nSPS) is 28.8. The Balaban J connectivity index is 1.87. The van der Waals surface area contributed by atoms with Gasteiger partial charge in [0.05, 0.1) is 13.2 Å². The quantitative estimate of drug-likeness (QED) is 0.294. The second-order valence-corrected chi connectivity index (χ2v) is 5.04. The summed E-state index contributed by atoms with van der Waals surface area (Å²) in [6.45, 7) is 3.30. The fourth-order valence-corrected chi connectivity index (χ4v) is 2.31. The van der Waals surface area contributed by atoms with Gasteiger partial charge in [0, 0.05) is 18.2 Å². The van der Waals surface area contributed by atoms with E-state index in [-0.39, 0.29) is 19.0 Å². The molecule has 2 fully saturated rings. The highest BCUT2D eigenvalue weighted by Gasteiger charge is 2.50. The molecular formula is C15H16O9. The molecule has 0 radical (unpaired) electrons. The van der Waals surface area contributed by atoms with Gasteiger partial charge in [-0.1, -0.05) is 6.58 Å². The minimum atomic E-state index is -1.27. The third-order valence-corrected chi connectivity index (χ3v) is 3.27. The van der Waals surface area contributed by atoms with E-state index in [1.165, 1.54) is 0 Å². The monoisotopic (exact) mass is 340 g/mol. The second kappa shape index (κ2) is 7.75. The van der Waals surface area contributed by atoms with E-state index < -0.39 is 42.3 Å². The molecule has 2 aliphatic rings. The van der Waals surface area contributed by atoms with Crippen molar-refractivity contribution >= 4 is 17.9 Å². The van der Waals surface area contributed by atoms with Crippen LogP contribution in [0, 0.1) is 0 Å². The van der Waals surface area contributed by atoms with Gasteiger partial charge in [-0.15, -0.1) is 0 Å². The van der Waals surface area contributed by atoms with Crippen LogP contribution in [0.25, 0.3) is 0 Å². The van der Waals surface area contributed by atoms with Crippen molar-refractivity contribution in [1.29, 1.82) is 0 Å². The zero-order valence-corrected chi connectivity index (χ0v) is 12.5. The summed E-state index contributed by atoms with van der Waals surface area (Å²) in [5.74, 6) is -3.09. The number of esters is 2. The number of aliphatic carboxylic acids is 1. The molecule has 4 atom stereocenters. The van der Waals surface area contributed by atoms with E-state index in [0.29, 0.717) is 6.08 Å². The van der Waals surface area contributed by atoms with Crippen LogP contribution in [0.15, 0.2) is 36.6 Å². The molecule has 2 N–H and O–H groups in total. The Hall–Kier alpha value is -2.65. The van der Waals surface area contributed by atoms with Crippen molar-refractivity contribution in [3.63, 3.8) is 0 Å². The highest BCUT2D eigenvalue weighted by Crippen LogP contribution is 2.30. The summed E-state index contributed by atoms with van der Waals surface area (Å²) in [7, 11) is 0. The number of aliphatic hydroxyl groups is 1. The lowest BCUT2D eigenvalue weighted by Gasteiger charge is -2.16. The molecule has 0 spiro atoms. The van der Waals surface area contributed by atoms with Gasteiger partial charge in [-0.05, 0) is 6.08 Å². The van der Waals surface area contributed by atoms with Crippen LogP contribution >= 0.6 is 0 Å². The first-order valence-corrected chi connectivity index (χ1v) is 6.98. The van der Waals surface area contributed by atoms with Crippen LogP contribution in [0.2, 0.25) is 0 Å². The summed E-state index contributed by atoms with van der Waals surface area (Å²) in [4.78, 5) is 33.4. The van der Waals surface area contributed by atoms with Gasteiger partial charge >= 0.3 is 17.9 Å². The van der Waals surface area contributed by atoms with Gasteiger partial charge in [-0.3, -0.25) is 0 Å². The number of hydrogen-bond acceptors (Lipinski definition) is 8. The summed E-state index contributed by atoms with van der Waals surface area (Å²) in [5, 5.41) is 17.3. The molecule has 0 bridgehead atoms. The number of ether oxygens (including phenoxy) is 4. The first kappa shape index (κ1) is 17.7. The van der Waals surface area contributed by atoms with Crippen molar-refractivity contribution in [3.05, 3.63) is 36.6 Å². The Kier molecular flexibility index (Phi) is 5.72. The number of allylic oxidation sites excluding steroid dienone is 1. The zero-order chi connectivity index (χ0) is 17.7. The third-order valence-electron chi connectivity index (χ3n) is 3.27. The SMILES string of the molecule is C=C(O)/C=C\C(=O)O[C@H]1CO[C@H]2[C@@H]1OC[C@@H]2OC(=O)/C=C\C(=O)O. The zero-order valence-electron chi connectivity index (χ0n) is 12.5. The fraction of sp³-hybridized carbons (Fsp3) is 0.400. The van der Waals surface area contributed by atoms with Gasteiger partial charge in [0.1, 0.15) is 18.0 Å². The minimum absolute atomic E-state index is 0.0410. The molecule has 0 aliphatic carbocycles. The van der Waals surface area contributed by atoms with E-state index in [9.17, 15) is 14.4 Å². The van der Waals surface area contributed by atoms with E-state index in [1.807, 2.05) is 0 Å². The molecule has 0 aromatic heterocycles. The molecule has 0 saturated carbocycles. The number of carboxylic acid groups (broad SMARTS) is 1. The van der Waals surface area contributed by atoms with Crippen LogP contribution in [-0.4, -0.2) is 65.8 Å². The number of carboxylic acids is 1. The molecule has 130 valence electrons. The van der Waals surface area contributed by atoms with Crippen molar-refractivity contribution < 1.29 is 43.5 Å². The van der Waals surface area contributed by atoms with E-state index in [0.717, 1.165) is 18.2 Å². The maximum absolute atomic E-state index is 11.6. The highest BCUT2D eigenvalue weighted by atomic mass is 16.7. The van der Waals surface area contributed by atoms with Crippen LogP contribution in [0.1, 0.15) is 0 Å². The molecule has 9 heteroatoms. The van der Waals surface area contributed by atoms with Gasteiger partial charge in [-0.25, -0.2) is 14.4 Å². The number of carbonyl (C=O) groups is 3. The number of fused-ring (bicyclic) bond motifs is 1. The molecule has 0 unspecified atom stereocenters. The maximum Gasteiger partial charge on any atom is 0.331 e. The second-order valence-electron chi connectivity index (χ2n) is 5.04. The first-order chi connectivity index (χ1) is 11.4. The summed E-state index contributed by atoms with van der Waals surface area (Å²) >= 11 is 0. The summed E-state index contributed by atoms with van der Waals surface area (Å²) in [6.07, 6.45) is 0.937. The Morgan fingerprint density at radius 2 is 1.33 bits per heavy atom. The molecule has 2 saturated heterocycles. The standard InChI is InChI=1S/C15H16O9/c1-8(16)2-4-12(19)23-9-6-21-15-10(7-22-14(9)15)24-13(20)5-3-11(17)18/h2-5,9-10,14-16H,1,6-7H2,(H,17,18)/b4-2-,5-3-/t9-,10-,14+,15+/m0/s1. The van der Waals surface area contributed by atoms with Crippen molar-refractivity contribution in [2.24, 2.45) is 0 Å². The van der Waals surface area contributed by atoms with E-state index in [2.05, 4.69) is 6.58 Å². The largest absolute Gasteiger partial charge is 0.509 e. The Labute approximate surface area is 136 Å². The van der Waals surface area contributed by atoms with E-state index in [1.54, 1.807) is 0 Å². The van der Waals surface area contributed by atoms with Crippen LogP contribution in [0.5, 0.6) is 0 Å². The highest BCUT2D eigenvalue weighted by molar-refractivity contribution is 5.90. The third kappa shape index (κ3) is 4.67. The fourth-order valence-electron chi connectivity index (χ4n) is 2.31. The van der Waals surface area contributed by atoms with Gasteiger partial charge < -0.3 is 29.2 Å². The van der Waals surface area contributed by atoms with Crippen LogP contribution < -0.4 is 0 Å². The maximum atomic E-state index is 11.6. The lowest BCUT2D eigenvalue weighted by Crippen LogP contribution is -2.35. The van der Waals surface area contributed by atoms with Gasteiger partial charge in [0.15, 0.2) is 12.2 Å². The van der Waals surface area contributed by atoms with Crippen molar-refractivity contribution in [3.8, 4) is 0 Å². The number of aliphatic hydroxyl groups excluding tert-OH is 1. The molecule has 9 nitrogen and oxygen atoms in total. The predicted octanol–water partition coefficient (Wildman–Crippen LogP) is -0.124. The Morgan fingerprint density at radius 3 is 1.75 bits per heavy atom. The summed E-state index contributed by atoms with van der Waals surface area (Å²) in [5.41, 5.74) is 0. The summed E-state index contributed by atoms with van der Waals surface area (Å²) < 4.78 is 21.1. The number of carbonyl (C=O) groups excluding carboxylic acids is 2. The average Bonchev–Trinajstić information content (AvgIpc) is 3.07. The number of hydrogen-bond donors (Lipinski definition) is 2. The topological polar surface area (TPSA) is 129 Å². The Morgan fingerprint density at radius 1 is 0.875 bits per heavy atom. The first-order valence-electron chi connectivity index (χ1n) is 6.98. The van der Waals surface area contributed by atoms with Gasteiger partial charge in [-0.2, -0.15) is 0 Å². The van der Waals surface area contributed by atoms with Crippen molar-refractivity contribution in [2.75, 3.05) is 13.2 Å². The predicted molar refractivity (Wildman–Crippen MR) is 76.9 cm³/mol. The number of rotatable bonds is 6. The molecular weight excluding hydrogens is 324 g/mol. The molecule has 0 aromatic carbocycles. The van der Waals surface area contributed by atoms with Crippen LogP contribution in [-0.2, 0) is 33.3 Å². The van der Waals surface area contributed by atoms with Gasteiger partial charge in [0.25, 0.3) is 0 Å². The molecule has 2 aliphatic heterocycles. The Bertz CT molecular complexity index is 540. The molecule has 2 rings (SSSR count). The lowest BCUT2D eigenvalue weighted by atomic mass is 10.1. The molecule has 2 heterocycles. The molecule has 0 aromatic rings. The average molecular weight is 340 g/mol. The molecule has 0 amide bonds. The van der Waals surface area contributed by atoms with Crippen molar-refractivity contribution in [1.82, 2.24) is 0 Å². The van der Waals surface area contributed by atoms with Crippen LogP contribution in [0.3, 0.4) is 0 Å². The summed E-state index contributed by atoms with van der Waals surface area (Å²) in [6, 6.07) is 0. The molecule has 24 heavy (non-hydrogen) atoms. The lowest BCUT2D eigenvalue weighted by molar-refractivity contribution is -0.149. The van der Waals surface area contributed by atoms with E-state index >= 15 is 0 Å². The van der Waals surface area contributed by atoms with Crippen molar-refractivity contribution in [2.45, 2.75) is 24.4 Å². The van der Waals surface area contributed by atoms with Crippen LogP contribution in [0.4, 0.5) is 0 Å². The smallest absolute Gasteiger partial charge is 0.331 e. The minimum Gasteiger partial charge on any atom is -0.509 e.